The number of benzene rings is 2. The fourth-order valence-electron chi connectivity index (χ4n) is 4.09. The molecule has 6 nitrogen and oxygen atoms in total. The Labute approximate surface area is 188 Å². The minimum absolute atomic E-state index is 0.0363. The van der Waals surface area contributed by atoms with E-state index in [1.54, 1.807) is 23.7 Å². The maximum absolute atomic E-state index is 13.7. The summed E-state index contributed by atoms with van der Waals surface area (Å²) in [6, 6.07) is 12.2. The third-order valence-corrected chi connectivity index (χ3v) is 5.96. The van der Waals surface area contributed by atoms with Gasteiger partial charge in [-0.1, -0.05) is 56.5 Å². The summed E-state index contributed by atoms with van der Waals surface area (Å²) in [7, 11) is 0. The predicted octanol–water partition coefficient (Wildman–Crippen LogP) is 5.14. The van der Waals surface area contributed by atoms with Gasteiger partial charge in [-0.2, -0.15) is 0 Å². The Hall–Kier alpha value is -2.57. The molecule has 1 unspecified atom stereocenters. The number of carbonyl (C=O) groups excluding carboxylic acids is 2. The molecule has 0 aliphatic carbocycles. The van der Waals surface area contributed by atoms with Gasteiger partial charge in [-0.15, -0.1) is 0 Å². The third-order valence-electron chi connectivity index (χ3n) is 5.71. The number of ether oxygens (including phenoxy) is 1. The van der Waals surface area contributed by atoms with Gasteiger partial charge in [0, 0.05) is 22.1 Å². The topological polar surface area (TPSA) is 78.9 Å². The van der Waals surface area contributed by atoms with E-state index in [-0.39, 0.29) is 24.5 Å². The maximum atomic E-state index is 13.7. The van der Waals surface area contributed by atoms with Gasteiger partial charge in [0.15, 0.2) is 0 Å². The van der Waals surface area contributed by atoms with Crippen molar-refractivity contribution < 1.29 is 19.5 Å². The van der Waals surface area contributed by atoms with E-state index in [1.165, 1.54) is 0 Å². The molecule has 0 fully saturated rings. The Bertz CT molecular complexity index is 910. The molecule has 7 heteroatoms. The second kappa shape index (κ2) is 10.6. The van der Waals surface area contributed by atoms with Gasteiger partial charge in [-0.25, -0.2) is 5.48 Å². The van der Waals surface area contributed by atoms with Crippen LogP contribution in [0.2, 0.25) is 5.02 Å². The minimum atomic E-state index is -0.608. The van der Waals surface area contributed by atoms with Crippen molar-refractivity contribution in [2.24, 2.45) is 5.92 Å². The number of amides is 2. The lowest BCUT2D eigenvalue weighted by Gasteiger charge is -2.33. The molecule has 0 spiro atoms. The van der Waals surface area contributed by atoms with Crippen molar-refractivity contribution in [3.8, 4) is 5.75 Å². The molecule has 1 atom stereocenters. The van der Waals surface area contributed by atoms with Gasteiger partial charge in [0.05, 0.1) is 12.6 Å². The summed E-state index contributed by atoms with van der Waals surface area (Å²) in [4.78, 5) is 27.4. The molecule has 1 aliphatic heterocycles. The van der Waals surface area contributed by atoms with E-state index in [0.717, 1.165) is 36.8 Å². The van der Waals surface area contributed by atoms with Crippen molar-refractivity contribution in [3.63, 3.8) is 0 Å². The van der Waals surface area contributed by atoms with E-state index >= 15 is 0 Å². The molecule has 31 heavy (non-hydrogen) atoms. The first-order valence-electron chi connectivity index (χ1n) is 10.7. The van der Waals surface area contributed by atoms with Crippen LogP contribution in [0.3, 0.4) is 0 Å². The molecule has 0 saturated heterocycles. The van der Waals surface area contributed by atoms with Crippen molar-refractivity contribution in [2.45, 2.75) is 52.1 Å². The number of halogens is 1. The van der Waals surface area contributed by atoms with Crippen molar-refractivity contribution in [2.75, 3.05) is 6.61 Å². The fourth-order valence-corrected chi connectivity index (χ4v) is 4.22. The molecule has 3 rings (SSSR count). The van der Waals surface area contributed by atoms with Crippen LogP contribution in [0.25, 0.3) is 0 Å². The molecule has 0 radical (unpaired) electrons. The molecule has 2 amide bonds. The molecule has 0 bridgehead atoms. The molecular formula is C24H29ClN2O4. The number of nitrogens with one attached hydrogen (secondary N) is 1. The van der Waals surface area contributed by atoms with Gasteiger partial charge in [0.25, 0.3) is 5.91 Å². The average Bonchev–Trinajstić information content (AvgIpc) is 2.97. The second-order valence-electron chi connectivity index (χ2n) is 7.88. The number of nitrogens with zero attached hydrogens (tertiary/aromatic N) is 1. The predicted molar refractivity (Wildman–Crippen MR) is 119 cm³/mol. The Balaban J connectivity index is 1.99. The highest BCUT2D eigenvalue weighted by atomic mass is 35.5. The van der Waals surface area contributed by atoms with Crippen molar-refractivity contribution in [1.29, 1.82) is 0 Å². The van der Waals surface area contributed by atoms with E-state index in [0.29, 0.717) is 22.9 Å². The molecule has 0 saturated carbocycles. The zero-order chi connectivity index (χ0) is 22.4. The fraction of sp³-hybridized carbons (Fsp3) is 0.417. The van der Waals surface area contributed by atoms with E-state index in [1.807, 2.05) is 29.2 Å². The number of hydroxylamine groups is 1. The summed E-state index contributed by atoms with van der Waals surface area (Å²) in [6.07, 6.45) is 3.59. The summed E-state index contributed by atoms with van der Waals surface area (Å²) in [5.41, 5.74) is 3.71. The van der Waals surface area contributed by atoms with Crippen LogP contribution in [-0.2, 0) is 11.3 Å². The zero-order valence-electron chi connectivity index (χ0n) is 17.9. The zero-order valence-corrected chi connectivity index (χ0v) is 18.7. The number of carbonyl (C=O) groups is 2. The molecule has 1 heterocycles. The summed E-state index contributed by atoms with van der Waals surface area (Å²) >= 11 is 6.08. The third kappa shape index (κ3) is 5.38. The van der Waals surface area contributed by atoms with Crippen LogP contribution >= 0.6 is 11.6 Å². The first kappa shape index (κ1) is 23.1. The lowest BCUT2D eigenvalue weighted by atomic mass is 9.94. The highest BCUT2D eigenvalue weighted by Gasteiger charge is 2.33. The van der Waals surface area contributed by atoms with Crippen LogP contribution in [0.4, 0.5) is 0 Å². The molecule has 2 aromatic carbocycles. The Morgan fingerprint density at radius 2 is 1.84 bits per heavy atom. The number of rotatable bonds is 7. The summed E-state index contributed by atoms with van der Waals surface area (Å²) in [5, 5.41) is 9.57. The van der Waals surface area contributed by atoms with E-state index in [4.69, 9.17) is 21.5 Å². The minimum Gasteiger partial charge on any atom is -0.491 e. The van der Waals surface area contributed by atoms with Crippen LogP contribution < -0.4 is 10.2 Å². The monoisotopic (exact) mass is 444 g/mol. The van der Waals surface area contributed by atoms with Gasteiger partial charge in [0.2, 0.25) is 5.91 Å². The van der Waals surface area contributed by atoms with Gasteiger partial charge in [-0.05, 0) is 42.7 Å². The largest absolute Gasteiger partial charge is 0.491 e. The van der Waals surface area contributed by atoms with Crippen LogP contribution in [-0.4, -0.2) is 28.5 Å². The average molecular weight is 445 g/mol. The SMILES string of the molecule is CCCC(CCC)C(=O)N1Cc2ccc(C(=O)NO)cc2OCC1c1ccc(Cl)cc1. The number of hydrogen-bond acceptors (Lipinski definition) is 4. The molecule has 2 N–H and O–H groups in total. The molecule has 0 aromatic heterocycles. The van der Waals surface area contributed by atoms with E-state index < -0.39 is 5.91 Å². The first-order chi connectivity index (χ1) is 15.0. The molecule has 2 aromatic rings. The number of hydrogen-bond donors (Lipinski definition) is 2. The summed E-state index contributed by atoms with van der Waals surface area (Å²) in [6.45, 7) is 4.84. The Morgan fingerprint density at radius 1 is 1.16 bits per heavy atom. The lowest BCUT2D eigenvalue weighted by Crippen LogP contribution is -2.39. The summed E-state index contributed by atoms with van der Waals surface area (Å²) in [5.74, 6) is 0.0183. The van der Waals surface area contributed by atoms with Crippen molar-refractivity contribution in [1.82, 2.24) is 10.4 Å². The molecule has 1 aliphatic rings. The van der Waals surface area contributed by atoms with Crippen LogP contribution in [0.15, 0.2) is 42.5 Å². The molecular weight excluding hydrogens is 416 g/mol. The highest BCUT2D eigenvalue weighted by Crippen LogP contribution is 2.35. The second-order valence-corrected chi connectivity index (χ2v) is 8.32. The normalized spacial score (nSPS) is 15.8. The van der Waals surface area contributed by atoms with Gasteiger partial charge < -0.3 is 9.64 Å². The van der Waals surface area contributed by atoms with Crippen molar-refractivity contribution >= 4 is 23.4 Å². The van der Waals surface area contributed by atoms with Crippen LogP contribution in [0, 0.1) is 5.92 Å². The summed E-state index contributed by atoms with van der Waals surface area (Å²) < 4.78 is 6.07. The van der Waals surface area contributed by atoms with E-state index in [9.17, 15) is 9.59 Å². The van der Waals surface area contributed by atoms with Crippen LogP contribution in [0.1, 0.15) is 67.1 Å². The molecule has 166 valence electrons. The standard InChI is InChI=1S/C24H29ClN2O4/c1-3-5-17(6-4-2)24(29)27-14-19-8-7-18(23(28)26-30)13-22(19)31-15-21(27)16-9-11-20(25)12-10-16/h7-13,17,21,30H,3-6,14-15H2,1-2H3,(H,26,28). The quantitative estimate of drug-likeness (QED) is 0.458. The van der Waals surface area contributed by atoms with Gasteiger partial charge >= 0.3 is 0 Å². The highest BCUT2D eigenvalue weighted by molar-refractivity contribution is 6.30. The Kier molecular flexibility index (Phi) is 7.93. The van der Waals surface area contributed by atoms with Crippen molar-refractivity contribution in [3.05, 3.63) is 64.2 Å². The van der Waals surface area contributed by atoms with E-state index in [2.05, 4.69) is 13.8 Å². The number of fused-ring (bicyclic) bond motifs is 1. The first-order valence-corrected chi connectivity index (χ1v) is 11.1. The van der Waals surface area contributed by atoms with Crippen LogP contribution in [0.5, 0.6) is 5.75 Å². The smallest absolute Gasteiger partial charge is 0.274 e. The lowest BCUT2D eigenvalue weighted by molar-refractivity contribution is -0.139. The maximum Gasteiger partial charge on any atom is 0.274 e. The van der Waals surface area contributed by atoms with Gasteiger partial charge in [0.1, 0.15) is 12.4 Å². The Morgan fingerprint density at radius 3 is 2.45 bits per heavy atom. The van der Waals surface area contributed by atoms with Gasteiger partial charge in [-0.3, -0.25) is 14.8 Å².